The Hall–Kier alpha value is -1.91. The quantitative estimate of drug-likeness (QED) is 0.876. The van der Waals surface area contributed by atoms with Crippen LogP contribution in [0.3, 0.4) is 0 Å². The van der Waals surface area contributed by atoms with Gasteiger partial charge in [-0.3, -0.25) is 9.59 Å². The maximum Gasteiger partial charge on any atom is 0.308 e. The van der Waals surface area contributed by atoms with Gasteiger partial charge in [0.05, 0.1) is 5.92 Å². The van der Waals surface area contributed by atoms with Gasteiger partial charge >= 0.3 is 5.97 Å². The van der Waals surface area contributed by atoms with Gasteiger partial charge in [-0.1, -0.05) is 25.0 Å². The van der Waals surface area contributed by atoms with E-state index in [1.54, 1.807) is 12.1 Å². The van der Waals surface area contributed by atoms with Crippen LogP contribution in [0.15, 0.2) is 24.3 Å². The summed E-state index contributed by atoms with van der Waals surface area (Å²) in [5.41, 5.74) is 0.767. The van der Waals surface area contributed by atoms with Gasteiger partial charge in [-0.25, -0.2) is 4.39 Å². The van der Waals surface area contributed by atoms with E-state index < -0.39 is 11.9 Å². The molecular weight excluding hydrogens is 273 g/mol. The number of nitrogens with one attached hydrogen (secondary N) is 1. The average Bonchev–Trinajstić information content (AvgIpc) is 2.45. The first-order valence-corrected chi connectivity index (χ1v) is 7.33. The highest BCUT2D eigenvalue weighted by atomic mass is 19.1. The number of aliphatic carboxylic acids is 1. The van der Waals surface area contributed by atoms with E-state index >= 15 is 0 Å². The van der Waals surface area contributed by atoms with Crippen molar-refractivity contribution >= 4 is 11.9 Å². The molecule has 1 aromatic rings. The van der Waals surface area contributed by atoms with Crippen LogP contribution >= 0.6 is 0 Å². The zero-order valence-electron chi connectivity index (χ0n) is 11.8. The lowest BCUT2D eigenvalue weighted by atomic mass is 9.84. The van der Waals surface area contributed by atoms with Gasteiger partial charge in [0.25, 0.3) is 0 Å². The van der Waals surface area contributed by atoms with Gasteiger partial charge < -0.3 is 10.4 Å². The third-order valence-corrected chi connectivity index (χ3v) is 3.96. The lowest BCUT2D eigenvalue weighted by molar-refractivity contribution is -0.144. The number of carbonyl (C=O) groups excluding carboxylic acids is 1. The van der Waals surface area contributed by atoms with Crippen LogP contribution in [-0.2, 0) is 16.0 Å². The molecule has 2 atom stereocenters. The summed E-state index contributed by atoms with van der Waals surface area (Å²) in [6, 6.07) is 5.88. The maximum atomic E-state index is 13.0. The van der Waals surface area contributed by atoms with Crippen molar-refractivity contribution in [2.75, 3.05) is 0 Å². The molecule has 0 saturated heterocycles. The van der Waals surface area contributed by atoms with Gasteiger partial charge in [0.1, 0.15) is 5.82 Å². The maximum absolute atomic E-state index is 13.0. The first kappa shape index (κ1) is 15.5. The predicted octanol–water partition coefficient (Wildman–Crippen LogP) is 2.52. The molecule has 2 unspecified atom stereocenters. The Morgan fingerprint density at radius 1 is 1.29 bits per heavy atom. The van der Waals surface area contributed by atoms with Crippen molar-refractivity contribution in [2.24, 2.45) is 5.92 Å². The minimum absolute atomic E-state index is 0.169. The van der Waals surface area contributed by atoms with Crippen LogP contribution < -0.4 is 5.32 Å². The Balaban J connectivity index is 1.84. The number of carbonyl (C=O) groups is 2. The third kappa shape index (κ3) is 4.55. The molecule has 1 aliphatic carbocycles. The number of hydrogen-bond donors (Lipinski definition) is 2. The summed E-state index contributed by atoms with van der Waals surface area (Å²) in [7, 11) is 0. The van der Waals surface area contributed by atoms with E-state index in [4.69, 9.17) is 5.11 Å². The van der Waals surface area contributed by atoms with Gasteiger partial charge in [-0.2, -0.15) is 0 Å². The van der Waals surface area contributed by atoms with Crippen LogP contribution in [0.5, 0.6) is 0 Å². The molecule has 0 aliphatic heterocycles. The monoisotopic (exact) mass is 293 g/mol. The Kier molecular flexibility index (Phi) is 5.31. The van der Waals surface area contributed by atoms with Crippen molar-refractivity contribution in [3.05, 3.63) is 35.6 Å². The number of amides is 1. The fraction of sp³-hybridized carbons (Fsp3) is 0.500. The molecule has 0 aromatic heterocycles. The van der Waals surface area contributed by atoms with E-state index in [1.807, 2.05) is 0 Å². The SMILES string of the molecule is O=C(CCc1cccc(F)c1)NC1CCCCC1C(=O)O. The Labute approximate surface area is 123 Å². The molecule has 4 nitrogen and oxygen atoms in total. The van der Waals surface area contributed by atoms with Crippen LogP contribution in [0.1, 0.15) is 37.7 Å². The standard InChI is InChI=1S/C16H20FNO3/c17-12-5-3-4-11(10-12)8-9-15(19)18-14-7-2-1-6-13(14)16(20)21/h3-5,10,13-14H,1-2,6-9H2,(H,18,19)(H,20,21). The molecule has 1 fully saturated rings. The van der Waals surface area contributed by atoms with E-state index in [1.165, 1.54) is 12.1 Å². The predicted molar refractivity (Wildman–Crippen MR) is 76.2 cm³/mol. The highest BCUT2D eigenvalue weighted by molar-refractivity contribution is 5.78. The minimum atomic E-state index is -0.842. The Bertz CT molecular complexity index is 518. The second kappa shape index (κ2) is 7.20. The number of hydrogen-bond acceptors (Lipinski definition) is 2. The molecule has 0 bridgehead atoms. The summed E-state index contributed by atoms with van der Waals surface area (Å²) >= 11 is 0. The molecule has 1 aliphatic rings. The first-order chi connectivity index (χ1) is 10.1. The van der Waals surface area contributed by atoms with Gasteiger partial charge in [0.15, 0.2) is 0 Å². The largest absolute Gasteiger partial charge is 0.481 e. The number of benzene rings is 1. The van der Waals surface area contributed by atoms with E-state index in [0.717, 1.165) is 18.4 Å². The summed E-state index contributed by atoms with van der Waals surface area (Å²) in [6.45, 7) is 0. The van der Waals surface area contributed by atoms with Crippen molar-refractivity contribution in [1.82, 2.24) is 5.32 Å². The summed E-state index contributed by atoms with van der Waals surface area (Å²) < 4.78 is 13.0. The molecular formula is C16H20FNO3. The summed E-state index contributed by atoms with van der Waals surface area (Å²) in [5.74, 6) is -1.81. The molecule has 1 amide bonds. The molecule has 1 saturated carbocycles. The van der Waals surface area contributed by atoms with Crippen molar-refractivity contribution in [3.8, 4) is 0 Å². The van der Waals surface area contributed by atoms with Crippen LogP contribution in [0.2, 0.25) is 0 Å². The van der Waals surface area contributed by atoms with Gasteiger partial charge in [-0.05, 0) is 37.0 Å². The fourth-order valence-electron chi connectivity index (χ4n) is 2.83. The molecule has 21 heavy (non-hydrogen) atoms. The van der Waals surface area contributed by atoms with E-state index in [9.17, 15) is 14.0 Å². The van der Waals surface area contributed by atoms with E-state index in [0.29, 0.717) is 19.3 Å². The number of rotatable bonds is 5. The number of carboxylic acid groups (broad SMARTS) is 1. The first-order valence-electron chi connectivity index (χ1n) is 7.33. The second-order valence-corrected chi connectivity index (χ2v) is 5.53. The van der Waals surface area contributed by atoms with Crippen molar-refractivity contribution < 1.29 is 19.1 Å². The smallest absolute Gasteiger partial charge is 0.308 e. The number of carboxylic acids is 1. The molecule has 2 N–H and O–H groups in total. The molecule has 0 radical (unpaired) electrons. The van der Waals surface area contributed by atoms with Gasteiger partial charge in [-0.15, -0.1) is 0 Å². The molecule has 0 spiro atoms. The van der Waals surface area contributed by atoms with Crippen LogP contribution in [-0.4, -0.2) is 23.0 Å². The zero-order valence-corrected chi connectivity index (χ0v) is 11.8. The number of halogens is 1. The highest BCUT2D eigenvalue weighted by Crippen LogP contribution is 2.24. The highest BCUT2D eigenvalue weighted by Gasteiger charge is 2.31. The van der Waals surface area contributed by atoms with Gasteiger partial charge in [0, 0.05) is 12.5 Å². The zero-order chi connectivity index (χ0) is 15.2. The average molecular weight is 293 g/mol. The van der Waals surface area contributed by atoms with Crippen LogP contribution in [0, 0.1) is 11.7 Å². The van der Waals surface area contributed by atoms with E-state index in [2.05, 4.69) is 5.32 Å². The van der Waals surface area contributed by atoms with Crippen molar-refractivity contribution in [1.29, 1.82) is 0 Å². The summed E-state index contributed by atoms with van der Waals surface area (Å²) in [4.78, 5) is 23.1. The van der Waals surface area contributed by atoms with Crippen LogP contribution in [0.4, 0.5) is 4.39 Å². The summed E-state index contributed by atoms with van der Waals surface area (Å²) in [6.07, 6.45) is 3.86. The van der Waals surface area contributed by atoms with E-state index in [-0.39, 0.29) is 24.2 Å². The number of aryl methyl sites for hydroxylation is 1. The van der Waals surface area contributed by atoms with Crippen molar-refractivity contribution in [3.63, 3.8) is 0 Å². The summed E-state index contributed by atoms with van der Waals surface area (Å²) in [5, 5.41) is 12.0. The Morgan fingerprint density at radius 3 is 2.76 bits per heavy atom. The second-order valence-electron chi connectivity index (χ2n) is 5.53. The van der Waals surface area contributed by atoms with Crippen molar-refractivity contribution in [2.45, 2.75) is 44.6 Å². The molecule has 2 rings (SSSR count). The molecule has 5 heteroatoms. The molecule has 114 valence electrons. The molecule has 0 heterocycles. The third-order valence-electron chi connectivity index (χ3n) is 3.96. The lowest BCUT2D eigenvalue weighted by Gasteiger charge is -2.29. The Morgan fingerprint density at radius 2 is 2.05 bits per heavy atom. The fourth-order valence-corrected chi connectivity index (χ4v) is 2.83. The topological polar surface area (TPSA) is 66.4 Å². The van der Waals surface area contributed by atoms with Crippen LogP contribution in [0.25, 0.3) is 0 Å². The normalized spacial score (nSPS) is 21.8. The van der Waals surface area contributed by atoms with Gasteiger partial charge in [0.2, 0.25) is 5.91 Å². The minimum Gasteiger partial charge on any atom is -0.481 e. The lowest BCUT2D eigenvalue weighted by Crippen LogP contribution is -2.45. The molecule has 1 aromatic carbocycles.